The van der Waals surface area contributed by atoms with E-state index in [0.29, 0.717) is 29.9 Å². The molecule has 0 saturated carbocycles. The van der Waals surface area contributed by atoms with Crippen LogP contribution in [0.5, 0.6) is 0 Å². The van der Waals surface area contributed by atoms with Crippen molar-refractivity contribution < 1.29 is 26.7 Å². The molecule has 0 unspecified atom stereocenters. The summed E-state index contributed by atoms with van der Waals surface area (Å²) in [4.78, 5) is 21.4. The topological polar surface area (TPSA) is 80.9 Å². The molecule has 184 valence electrons. The van der Waals surface area contributed by atoms with Gasteiger partial charge >= 0.3 is 0 Å². The largest absolute Gasteiger partial charge is 0.399 e. The molecular weight excluding hydrogens is 479 g/mol. The van der Waals surface area contributed by atoms with Crippen LogP contribution in [0.3, 0.4) is 0 Å². The van der Waals surface area contributed by atoms with Crippen molar-refractivity contribution in [2.24, 2.45) is 0 Å². The first-order valence-corrected chi connectivity index (χ1v) is 10.8. The average Bonchev–Trinajstić information content (AvgIpc) is 2.89. The molecule has 0 fully saturated rings. The maximum atomic E-state index is 14.0. The monoisotopic (exact) mass is 498 g/mol. The Bertz CT molecular complexity index is 1380. The van der Waals surface area contributed by atoms with Gasteiger partial charge in [0.05, 0.1) is 24.0 Å². The van der Waals surface area contributed by atoms with Gasteiger partial charge < -0.3 is 11.1 Å². The zero-order valence-corrected chi connectivity index (χ0v) is 18.7. The molecule has 0 radical (unpaired) electrons. The summed E-state index contributed by atoms with van der Waals surface area (Å²) in [5.74, 6) is -11.7. The van der Waals surface area contributed by atoms with Crippen molar-refractivity contribution >= 4 is 17.4 Å². The van der Waals surface area contributed by atoms with Gasteiger partial charge in [-0.1, -0.05) is 42.5 Å². The van der Waals surface area contributed by atoms with Crippen molar-refractivity contribution in [3.8, 4) is 11.3 Å². The molecule has 10 heteroatoms. The number of nitrogen functional groups attached to an aromatic ring is 1. The van der Waals surface area contributed by atoms with Crippen LogP contribution < -0.4 is 11.1 Å². The number of nitrogens with two attached hydrogens (primary N) is 1. The number of rotatable bonds is 7. The number of nitrogens with one attached hydrogen (secondary N) is 1. The van der Waals surface area contributed by atoms with E-state index in [0.717, 1.165) is 11.1 Å². The number of aromatic nitrogens is 2. The Morgan fingerprint density at radius 1 is 0.806 bits per heavy atom. The summed E-state index contributed by atoms with van der Waals surface area (Å²) < 4.78 is 68.4. The molecule has 4 aromatic rings. The maximum absolute atomic E-state index is 14.0. The van der Waals surface area contributed by atoms with Gasteiger partial charge in [0.2, 0.25) is 11.7 Å². The van der Waals surface area contributed by atoms with Gasteiger partial charge in [-0.3, -0.25) is 4.79 Å². The minimum atomic E-state index is -2.29. The average molecular weight is 498 g/mol. The number of carbonyl (C=O) groups excluding carboxylic acids is 1. The Kier molecular flexibility index (Phi) is 7.23. The minimum Gasteiger partial charge on any atom is -0.399 e. The SMILES string of the molecule is Nc1ccc(-c2cnc(NC(=O)Cc3c(F)c(F)c(F)c(F)c3F)c(CCc3ccccc3)n2)cc1. The lowest BCUT2D eigenvalue weighted by molar-refractivity contribution is -0.115. The Morgan fingerprint density at radius 3 is 2.06 bits per heavy atom. The second-order valence-electron chi connectivity index (χ2n) is 7.93. The molecule has 0 bridgehead atoms. The number of amides is 1. The quantitative estimate of drug-likeness (QED) is 0.155. The van der Waals surface area contributed by atoms with Crippen LogP contribution in [0.2, 0.25) is 0 Å². The molecule has 1 heterocycles. The lowest BCUT2D eigenvalue weighted by atomic mass is 10.1. The van der Waals surface area contributed by atoms with Gasteiger partial charge in [0, 0.05) is 16.8 Å². The van der Waals surface area contributed by atoms with Crippen molar-refractivity contribution in [1.29, 1.82) is 0 Å². The fourth-order valence-electron chi connectivity index (χ4n) is 3.55. The van der Waals surface area contributed by atoms with Crippen LogP contribution in [0.1, 0.15) is 16.8 Å². The van der Waals surface area contributed by atoms with Gasteiger partial charge in [-0.25, -0.2) is 31.9 Å². The zero-order valence-electron chi connectivity index (χ0n) is 18.7. The van der Waals surface area contributed by atoms with Gasteiger partial charge in [-0.2, -0.15) is 0 Å². The fraction of sp³-hybridized carbons (Fsp3) is 0.115. The fourth-order valence-corrected chi connectivity index (χ4v) is 3.55. The first kappa shape index (κ1) is 24.8. The number of hydrogen-bond acceptors (Lipinski definition) is 4. The smallest absolute Gasteiger partial charge is 0.230 e. The summed E-state index contributed by atoms with van der Waals surface area (Å²) in [5.41, 5.74) is 7.65. The summed E-state index contributed by atoms with van der Waals surface area (Å²) in [6.07, 6.45) is 1.19. The summed E-state index contributed by atoms with van der Waals surface area (Å²) in [5, 5.41) is 2.39. The standard InChI is InChI=1S/C26H19F5N4O/c27-21-17(22(28)24(30)25(31)23(21)29)12-20(36)35-26-18(11-6-14-4-2-1-3-5-14)34-19(13-33-26)15-7-9-16(32)10-8-15/h1-5,7-10,13H,6,11-12,32H2,(H,33,35,36). The predicted octanol–water partition coefficient (Wildman–Crippen LogP) is 5.39. The Balaban J connectivity index is 1.62. The number of hydrogen-bond donors (Lipinski definition) is 2. The predicted molar refractivity (Wildman–Crippen MR) is 124 cm³/mol. The first-order chi connectivity index (χ1) is 17.2. The van der Waals surface area contributed by atoms with E-state index in [1.54, 1.807) is 24.3 Å². The normalized spacial score (nSPS) is 10.9. The molecule has 0 atom stereocenters. The lowest BCUT2D eigenvalue weighted by Crippen LogP contribution is -2.20. The third kappa shape index (κ3) is 5.32. The van der Waals surface area contributed by atoms with Gasteiger partial charge in [0.15, 0.2) is 29.1 Å². The van der Waals surface area contributed by atoms with Gasteiger partial charge in [0.25, 0.3) is 0 Å². The zero-order chi connectivity index (χ0) is 25.8. The lowest BCUT2D eigenvalue weighted by Gasteiger charge is -2.13. The van der Waals surface area contributed by atoms with E-state index in [4.69, 9.17) is 5.73 Å². The van der Waals surface area contributed by atoms with Crippen LogP contribution in [0.4, 0.5) is 33.5 Å². The van der Waals surface area contributed by atoms with Crippen molar-refractivity contribution in [3.63, 3.8) is 0 Å². The van der Waals surface area contributed by atoms with Crippen molar-refractivity contribution in [1.82, 2.24) is 9.97 Å². The van der Waals surface area contributed by atoms with Gasteiger partial charge in [-0.15, -0.1) is 0 Å². The van der Waals surface area contributed by atoms with Gasteiger partial charge in [0.1, 0.15) is 0 Å². The number of halogens is 5. The molecule has 3 N–H and O–H groups in total. The molecule has 1 amide bonds. The number of benzene rings is 3. The Hall–Kier alpha value is -4.34. The third-order valence-electron chi connectivity index (χ3n) is 5.44. The van der Waals surface area contributed by atoms with E-state index >= 15 is 0 Å². The second-order valence-corrected chi connectivity index (χ2v) is 7.93. The van der Waals surface area contributed by atoms with Crippen LogP contribution in [0.15, 0.2) is 60.8 Å². The number of carbonyl (C=O) groups is 1. The van der Waals surface area contributed by atoms with E-state index in [1.807, 2.05) is 30.3 Å². The summed E-state index contributed by atoms with van der Waals surface area (Å²) in [6.45, 7) is 0. The van der Waals surface area contributed by atoms with Crippen LogP contribution in [0, 0.1) is 29.1 Å². The molecular formula is C26H19F5N4O. The molecule has 0 spiro atoms. The summed E-state index contributed by atoms with van der Waals surface area (Å²) in [7, 11) is 0. The molecule has 4 rings (SSSR count). The minimum absolute atomic E-state index is 0.0130. The van der Waals surface area contributed by atoms with Crippen molar-refractivity contribution in [2.75, 3.05) is 11.1 Å². The highest BCUT2D eigenvalue weighted by Crippen LogP contribution is 2.25. The van der Waals surface area contributed by atoms with Crippen LogP contribution in [0.25, 0.3) is 11.3 Å². The molecule has 36 heavy (non-hydrogen) atoms. The van der Waals surface area contributed by atoms with Crippen molar-refractivity contribution in [3.05, 3.63) is 107 Å². The molecule has 3 aromatic carbocycles. The molecule has 0 aliphatic rings. The van der Waals surface area contributed by atoms with E-state index < -0.39 is 47.0 Å². The number of aryl methyl sites for hydroxylation is 2. The molecule has 0 aliphatic carbocycles. The van der Waals surface area contributed by atoms with Crippen LogP contribution in [-0.4, -0.2) is 15.9 Å². The van der Waals surface area contributed by atoms with Crippen LogP contribution >= 0.6 is 0 Å². The second kappa shape index (κ2) is 10.5. The molecule has 1 aromatic heterocycles. The summed E-state index contributed by atoms with van der Waals surface area (Å²) >= 11 is 0. The third-order valence-corrected chi connectivity index (χ3v) is 5.44. The van der Waals surface area contributed by atoms with E-state index in [-0.39, 0.29) is 5.82 Å². The molecule has 5 nitrogen and oxygen atoms in total. The Labute approximate surface area is 202 Å². The highest BCUT2D eigenvalue weighted by molar-refractivity contribution is 5.92. The van der Waals surface area contributed by atoms with Crippen LogP contribution in [-0.2, 0) is 24.1 Å². The first-order valence-electron chi connectivity index (χ1n) is 10.8. The summed E-state index contributed by atoms with van der Waals surface area (Å²) in [6, 6.07) is 16.3. The maximum Gasteiger partial charge on any atom is 0.230 e. The molecule has 0 saturated heterocycles. The number of anilines is 2. The van der Waals surface area contributed by atoms with E-state index in [2.05, 4.69) is 15.3 Å². The van der Waals surface area contributed by atoms with Crippen molar-refractivity contribution in [2.45, 2.75) is 19.3 Å². The Morgan fingerprint density at radius 2 is 1.42 bits per heavy atom. The van der Waals surface area contributed by atoms with E-state index in [1.165, 1.54) is 6.20 Å². The molecule has 0 aliphatic heterocycles. The highest BCUT2D eigenvalue weighted by Gasteiger charge is 2.27. The number of nitrogens with zero attached hydrogens (tertiary/aromatic N) is 2. The van der Waals surface area contributed by atoms with E-state index in [9.17, 15) is 26.7 Å². The highest BCUT2D eigenvalue weighted by atomic mass is 19.2. The van der Waals surface area contributed by atoms with Gasteiger partial charge in [-0.05, 0) is 30.5 Å².